The summed E-state index contributed by atoms with van der Waals surface area (Å²) in [5.74, 6) is 1.18. The van der Waals surface area contributed by atoms with Gasteiger partial charge in [-0.15, -0.1) is 0 Å². The number of carbonyl (C=O) groups is 2. The van der Waals surface area contributed by atoms with Crippen molar-refractivity contribution in [3.63, 3.8) is 0 Å². The van der Waals surface area contributed by atoms with Crippen LogP contribution < -0.4 is 9.47 Å². The standard InChI is InChI=1S/C30H34N2O4/c1-3-18-32(26-16-19-31(20-17-26)29(33)24-12-8-5-9-13-24)30(34)25-14-15-27(28(21-25)35-2)36-22-23-10-6-4-7-11-23/h4-15,21,26H,3,16-20,22H2,1-2H3. The van der Waals surface area contributed by atoms with Gasteiger partial charge in [-0.25, -0.2) is 0 Å². The predicted molar refractivity (Wildman–Crippen MR) is 140 cm³/mol. The van der Waals surface area contributed by atoms with Crippen molar-refractivity contribution >= 4 is 11.8 Å². The number of likely N-dealkylation sites (tertiary alicyclic amines) is 1. The second-order valence-electron chi connectivity index (χ2n) is 9.03. The fourth-order valence-corrected chi connectivity index (χ4v) is 4.66. The third-order valence-electron chi connectivity index (χ3n) is 6.59. The summed E-state index contributed by atoms with van der Waals surface area (Å²) in [5, 5.41) is 0. The highest BCUT2D eigenvalue weighted by Crippen LogP contribution is 2.30. The van der Waals surface area contributed by atoms with Gasteiger partial charge in [0, 0.05) is 36.8 Å². The van der Waals surface area contributed by atoms with Crippen LogP contribution in [0.5, 0.6) is 11.5 Å². The van der Waals surface area contributed by atoms with E-state index in [9.17, 15) is 9.59 Å². The maximum absolute atomic E-state index is 13.6. The lowest BCUT2D eigenvalue weighted by atomic mass is 10.0. The Morgan fingerprint density at radius 1 is 0.889 bits per heavy atom. The zero-order valence-electron chi connectivity index (χ0n) is 21.1. The Morgan fingerprint density at radius 3 is 2.19 bits per heavy atom. The van der Waals surface area contributed by atoms with E-state index in [-0.39, 0.29) is 17.9 Å². The van der Waals surface area contributed by atoms with Gasteiger partial charge >= 0.3 is 0 Å². The van der Waals surface area contributed by atoms with Crippen LogP contribution in [-0.4, -0.2) is 54.4 Å². The number of nitrogens with zero attached hydrogens (tertiary/aromatic N) is 2. The third kappa shape index (κ3) is 6.06. The minimum absolute atomic E-state index is 0.0161. The first-order valence-corrected chi connectivity index (χ1v) is 12.6. The van der Waals surface area contributed by atoms with Crippen molar-refractivity contribution in [1.29, 1.82) is 0 Å². The number of amides is 2. The molecule has 36 heavy (non-hydrogen) atoms. The van der Waals surface area contributed by atoms with Crippen LogP contribution in [0.3, 0.4) is 0 Å². The van der Waals surface area contributed by atoms with Crippen LogP contribution >= 0.6 is 0 Å². The molecule has 3 aromatic rings. The number of methoxy groups -OCH3 is 1. The molecular weight excluding hydrogens is 452 g/mol. The third-order valence-corrected chi connectivity index (χ3v) is 6.59. The first kappa shape index (κ1) is 25.3. The number of piperidine rings is 1. The van der Waals surface area contributed by atoms with Gasteiger partial charge in [0.2, 0.25) is 0 Å². The molecule has 6 heteroatoms. The Morgan fingerprint density at radius 2 is 1.56 bits per heavy atom. The summed E-state index contributed by atoms with van der Waals surface area (Å²) in [6.45, 7) is 4.45. The number of hydrogen-bond acceptors (Lipinski definition) is 4. The van der Waals surface area contributed by atoms with Crippen molar-refractivity contribution in [2.45, 2.75) is 38.8 Å². The van der Waals surface area contributed by atoms with Crippen LogP contribution in [0.25, 0.3) is 0 Å². The molecule has 0 saturated carbocycles. The van der Waals surface area contributed by atoms with Crippen molar-refractivity contribution in [2.24, 2.45) is 0 Å². The maximum atomic E-state index is 13.6. The van der Waals surface area contributed by atoms with E-state index in [0.717, 1.165) is 24.8 Å². The van der Waals surface area contributed by atoms with Gasteiger partial charge in [0.1, 0.15) is 6.61 Å². The summed E-state index contributed by atoms with van der Waals surface area (Å²) in [7, 11) is 1.59. The lowest BCUT2D eigenvalue weighted by Gasteiger charge is -2.38. The Labute approximate surface area is 213 Å². The number of hydrogen-bond donors (Lipinski definition) is 0. The minimum Gasteiger partial charge on any atom is -0.493 e. The van der Waals surface area contributed by atoms with Gasteiger partial charge in [-0.2, -0.15) is 0 Å². The molecule has 6 nitrogen and oxygen atoms in total. The first-order valence-electron chi connectivity index (χ1n) is 12.6. The Bertz CT molecular complexity index is 1140. The highest BCUT2D eigenvalue weighted by Gasteiger charge is 2.30. The molecule has 1 aliphatic heterocycles. The van der Waals surface area contributed by atoms with Crippen LogP contribution in [0.2, 0.25) is 0 Å². The van der Waals surface area contributed by atoms with Gasteiger partial charge in [0.05, 0.1) is 7.11 Å². The lowest BCUT2D eigenvalue weighted by molar-refractivity contribution is 0.0519. The normalized spacial score (nSPS) is 13.8. The van der Waals surface area contributed by atoms with E-state index < -0.39 is 0 Å². The molecule has 0 aliphatic carbocycles. The van der Waals surface area contributed by atoms with Crippen LogP contribution in [-0.2, 0) is 6.61 Å². The first-order chi connectivity index (χ1) is 17.6. The largest absolute Gasteiger partial charge is 0.493 e. The summed E-state index contributed by atoms with van der Waals surface area (Å²) in [5.41, 5.74) is 2.35. The predicted octanol–water partition coefficient (Wildman–Crippen LogP) is 5.43. The fraction of sp³-hybridized carbons (Fsp3) is 0.333. The van der Waals surface area contributed by atoms with Crippen molar-refractivity contribution in [1.82, 2.24) is 9.80 Å². The highest BCUT2D eigenvalue weighted by atomic mass is 16.5. The van der Waals surface area contributed by atoms with E-state index in [1.165, 1.54) is 0 Å². The molecule has 0 atom stereocenters. The quantitative estimate of drug-likeness (QED) is 0.405. The van der Waals surface area contributed by atoms with E-state index in [4.69, 9.17) is 9.47 Å². The van der Waals surface area contributed by atoms with E-state index in [0.29, 0.717) is 48.9 Å². The smallest absolute Gasteiger partial charge is 0.254 e. The Hall–Kier alpha value is -3.80. The van der Waals surface area contributed by atoms with Crippen molar-refractivity contribution in [3.05, 3.63) is 95.6 Å². The maximum Gasteiger partial charge on any atom is 0.254 e. The van der Waals surface area contributed by atoms with Crippen LogP contribution in [0.4, 0.5) is 0 Å². The summed E-state index contributed by atoms with van der Waals surface area (Å²) in [6.07, 6.45) is 2.39. The molecule has 0 N–H and O–H groups in total. The molecule has 1 saturated heterocycles. The molecule has 2 amide bonds. The zero-order valence-corrected chi connectivity index (χ0v) is 21.1. The lowest BCUT2D eigenvalue weighted by Crippen LogP contribution is -2.49. The van der Waals surface area contributed by atoms with Gasteiger partial charge in [0.25, 0.3) is 11.8 Å². The van der Waals surface area contributed by atoms with Crippen LogP contribution in [0.1, 0.15) is 52.5 Å². The summed E-state index contributed by atoms with van der Waals surface area (Å²) in [6, 6.07) is 24.8. The Balaban J connectivity index is 1.42. The van der Waals surface area contributed by atoms with Crippen molar-refractivity contribution in [2.75, 3.05) is 26.7 Å². The number of benzene rings is 3. The molecule has 4 rings (SSSR count). The number of carbonyl (C=O) groups excluding carboxylic acids is 2. The molecule has 3 aromatic carbocycles. The Kier molecular flexibility index (Phi) is 8.61. The second kappa shape index (κ2) is 12.2. The second-order valence-corrected chi connectivity index (χ2v) is 9.03. The fourth-order valence-electron chi connectivity index (χ4n) is 4.66. The van der Waals surface area contributed by atoms with E-state index >= 15 is 0 Å². The molecule has 0 bridgehead atoms. The SMILES string of the molecule is CCCN(C(=O)c1ccc(OCc2ccccc2)c(OC)c1)C1CCN(C(=O)c2ccccc2)CC1. The van der Waals surface area contributed by atoms with Gasteiger partial charge in [-0.05, 0) is 55.2 Å². The molecule has 1 aliphatic rings. The van der Waals surface area contributed by atoms with E-state index in [2.05, 4.69) is 6.92 Å². The summed E-state index contributed by atoms with van der Waals surface area (Å²) >= 11 is 0. The average molecular weight is 487 g/mol. The van der Waals surface area contributed by atoms with E-state index in [1.807, 2.05) is 76.5 Å². The molecule has 1 heterocycles. The molecule has 0 radical (unpaired) electrons. The van der Waals surface area contributed by atoms with Crippen LogP contribution in [0, 0.1) is 0 Å². The van der Waals surface area contributed by atoms with Gasteiger partial charge in [-0.3, -0.25) is 9.59 Å². The summed E-state index contributed by atoms with van der Waals surface area (Å²) < 4.78 is 11.5. The highest BCUT2D eigenvalue weighted by molar-refractivity contribution is 5.95. The minimum atomic E-state index is -0.0161. The molecule has 0 spiro atoms. The summed E-state index contributed by atoms with van der Waals surface area (Å²) in [4.78, 5) is 30.3. The van der Waals surface area contributed by atoms with E-state index in [1.54, 1.807) is 19.2 Å². The van der Waals surface area contributed by atoms with Gasteiger partial charge < -0.3 is 19.3 Å². The topological polar surface area (TPSA) is 59.1 Å². The molecule has 0 unspecified atom stereocenters. The average Bonchev–Trinajstić information content (AvgIpc) is 2.95. The van der Waals surface area contributed by atoms with Crippen molar-refractivity contribution < 1.29 is 19.1 Å². The number of rotatable bonds is 9. The number of ether oxygens (including phenoxy) is 2. The monoisotopic (exact) mass is 486 g/mol. The van der Waals surface area contributed by atoms with Crippen molar-refractivity contribution in [3.8, 4) is 11.5 Å². The zero-order chi connectivity index (χ0) is 25.3. The van der Waals surface area contributed by atoms with Gasteiger partial charge in [0.15, 0.2) is 11.5 Å². The molecule has 0 aromatic heterocycles. The van der Waals surface area contributed by atoms with Crippen LogP contribution in [0.15, 0.2) is 78.9 Å². The molecule has 1 fully saturated rings. The molecular formula is C30H34N2O4. The molecule has 188 valence electrons. The van der Waals surface area contributed by atoms with Gasteiger partial charge in [-0.1, -0.05) is 55.5 Å².